The van der Waals surface area contributed by atoms with Crippen LogP contribution in [0, 0.1) is 0 Å². The second kappa shape index (κ2) is 5.98. The molecule has 1 aliphatic carbocycles. The number of rotatable bonds is 4. The topological polar surface area (TPSA) is 44.5 Å². The summed E-state index contributed by atoms with van der Waals surface area (Å²) in [6.07, 6.45) is 6.65. The van der Waals surface area contributed by atoms with Gasteiger partial charge in [0.25, 0.3) is 0 Å². The van der Waals surface area contributed by atoms with Crippen LogP contribution < -0.4 is 15.2 Å². The quantitative estimate of drug-likeness (QED) is 0.826. The first-order chi connectivity index (χ1) is 8.63. The third-order valence-corrected chi connectivity index (χ3v) is 3.13. The average molecular weight is 249 g/mol. The van der Waals surface area contributed by atoms with Crippen molar-refractivity contribution in [2.75, 3.05) is 5.73 Å². The van der Waals surface area contributed by atoms with E-state index in [2.05, 4.69) is 0 Å². The smallest absolute Gasteiger partial charge is 0.125 e. The van der Waals surface area contributed by atoms with E-state index in [1.807, 2.05) is 32.0 Å². The van der Waals surface area contributed by atoms with Gasteiger partial charge in [-0.3, -0.25) is 0 Å². The number of ether oxygens (including phenoxy) is 2. The molecule has 0 saturated heterocycles. The summed E-state index contributed by atoms with van der Waals surface area (Å²) in [5.74, 6) is 1.62. The van der Waals surface area contributed by atoms with E-state index < -0.39 is 0 Å². The molecule has 0 radical (unpaired) electrons. The van der Waals surface area contributed by atoms with Gasteiger partial charge in [-0.1, -0.05) is 6.42 Å². The molecule has 0 unspecified atom stereocenters. The maximum absolute atomic E-state index is 6.00. The van der Waals surface area contributed by atoms with E-state index in [-0.39, 0.29) is 6.10 Å². The van der Waals surface area contributed by atoms with Gasteiger partial charge in [0.2, 0.25) is 0 Å². The molecule has 1 aromatic carbocycles. The highest BCUT2D eigenvalue weighted by Gasteiger charge is 2.15. The van der Waals surface area contributed by atoms with Crippen molar-refractivity contribution in [3.63, 3.8) is 0 Å². The highest BCUT2D eigenvalue weighted by atomic mass is 16.5. The van der Waals surface area contributed by atoms with Gasteiger partial charge in [0.15, 0.2) is 0 Å². The van der Waals surface area contributed by atoms with Crippen molar-refractivity contribution in [1.29, 1.82) is 0 Å². The predicted molar refractivity (Wildman–Crippen MR) is 74.1 cm³/mol. The SMILES string of the molecule is CC(C)Oc1cc(N)cc(OC2CCCCC2)c1. The number of nitrogens with two attached hydrogens (primary N) is 1. The zero-order valence-corrected chi connectivity index (χ0v) is 11.3. The van der Waals surface area contributed by atoms with Gasteiger partial charge in [-0.2, -0.15) is 0 Å². The number of hydrogen-bond donors (Lipinski definition) is 1. The van der Waals surface area contributed by atoms with Crippen molar-refractivity contribution in [3.8, 4) is 11.5 Å². The third-order valence-electron chi connectivity index (χ3n) is 3.13. The molecule has 100 valence electrons. The minimum absolute atomic E-state index is 0.148. The molecule has 3 nitrogen and oxygen atoms in total. The summed E-state index contributed by atoms with van der Waals surface area (Å²) in [5.41, 5.74) is 6.57. The minimum atomic E-state index is 0.148. The first-order valence-corrected chi connectivity index (χ1v) is 6.87. The molecule has 0 aliphatic heterocycles. The van der Waals surface area contributed by atoms with Gasteiger partial charge in [0.1, 0.15) is 11.5 Å². The lowest BCUT2D eigenvalue weighted by atomic mass is 9.98. The zero-order chi connectivity index (χ0) is 13.0. The number of nitrogen functional groups attached to an aromatic ring is 1. The maximum Gasteiger partial charge on any atom is 0.125 e. The van der Waals surface area contributed by atoms with E-state index in [1.165, 1.54) is 19.3 Å². The van der Waals surface area contributed by atoms with Crippen molar-refractivity contribution in [2.24, 2.45) is 0 Å². The van der Waals surface area contributed by atoms with Crippen LogP contribution in [0.15, 0.2) is 18.2 Å². The molecule has 2 N–H and O–H groups in total. The predicted octanol–water partition coefficient (Wildman–Crippen LogP) is 3.77. The molecule has 0 heterocycles. The van der Waals surface area contributed by atoms with E-state index in [4.69, 9.17) is 15.2 Å². The molecule has 1 aliphatic rings. The van der Waals surface area contributed by atoms with Crippen LogP contribution in [0.25, 0.3) is 0 Å². The second-order valence-electron chi connectivity index (χ2n) is 5.28. The van der Waals surface area contributed by atoms with Crippen LogP contribution in [-0.4, -0.2) is 12.2 Å². The standard InChI is InChI=1S/C15H23NO2/c1-11(2)17-14-8-12(16)9-15(10-14)18-13-6-4-3-5-7-13/h8-11,13H,3-7,16H2,1-2H3. The molecule has 2 rings (SSSR count). The fraction of sp³-hybridized carbons (Fsp3) is 0.600. The van der Waals surface area contributed by atoms with Gasteiger partial charge in [-0.05, 0) is 39.5 Å². The van der Waals surface area contributed by atoms with Gasteiger partial charge < -0.3 is 15.2 Å². The van der Waals surface area contributed by atoms with Crippen LogP contribution in [0.5, 0.6) is 11.5 Å². The summed E-state index contributed by atoms with van der Waals surface area (Å²) >= 11 is 0. The minimum Gasteiger partial charge on any atom is -0.491 e. The van der Waals surface area contributed by atoms with E-state index in [1.54, 1.807) is 0 Å². The Morgan fingerprint density at radius 2 is 1.72 bits per heavy atom. The largest absolute Gasteiger partial charge is 0.491 e. The summed E-state index contributed by atoms with van der Waals surface area (Å²) in [5, 5.41) is 0. The Hall–Kier alpha value is -1.38. The number of anilines is 1. The van der Waals surface area contributed by atoms with Crippen LogP contribution >= 0.6 is 0 Å². The fourth-order valence-electron chi connectivity index (χ4n) is 2.38. The molecular weight excluding hydrogens is 226 g/mol. The van der Waals surface area contributed by atoms with Gasteiger partial charge in [0.05, 0.1) is 12.2 Å². The lowest BCUT2D eigenvalue weighted by Crippen LogP contribution is -2.19. The molecule has 1 fully saturated rings. The molecular formula is C15H23NO2. The van der Waals surface area contributed by atoms with Crippen LogP contribution in [0.2, 0.25) is 0 Å². The van der Waals surface area contributed by atoms with Gasteiger partial charge in [-0.15, -0.1) is 0 Å². The number of hydrogen-bond acceptors (Lipinski definition) is 3. The highest BCUT2D eigenvalue weighted by molar-refractivity contribution is 5.50. The Morgan fingerprint density at radius 1 is 1.06 bits per heavy atom. The first-order valence-electron chi connectivity index (χ1n) is 6.87. The Kier molecular flexibility index (Phi) is 4.34. The molecule has 0 spiro atoms. The normalized spacial score (nSPS) is 16.8. The summed E-state index contributed by atoms with van der Waals surface area (Å²) in [7, 11) is 0. The first kappa shape index (κ1) is 13.1. The van der Waals surface area contributed by atoms with Crippen LogP contribution in [0.3, 0.4) is 0 Å². The Bertz CT molecular complexity index is 384. The highest BCUT2D eigenvalue weighted by Crippen LogP contribution is 2.29. The second-order valence-corrected chi connectivity index (χ2v) is 5.28. The maximum atomic E-state index is 6.00. The molecule has 18 heavy (non-hydrogen) atoms. The Morgan fingerprint density at radius 3 is 2.39 bits per heavy atom. The zero-order valence-electron chi connectivity index (χ0n) is 11.3. The van der Waals surface area contributed by atoms with E-state index >= 15 is 0 Å². The molecule has 0 amide bonds. The van der Waals surface area contributed by atoms with Crippen molar-refractivity contribution < 1.29 is 9.47 Å². The lowest BCUT2D eigenvalue weighted by molar-refractivity contribution is 0.154. The molecule has 1 aromatic rings. The summed E-state index contributed by atoms with van der Waals surface area (Å²) in [6.45, 7) is 4.01. The van der Waals surface area contributed by atoms with Crippen LogP contribution in [0.4, 0.5) is 5.69 Å². The average Bonchev–Trinajstić information content (AvgIpc) is 2.28. The van der Waals surface area contributed by atoms with Crippen molar-refractivity contribution in [1.82, 2.24) is 0 Å². The van der Waals surface area contributed by atoms with Crippen molar-refractivity contribution in [3.05, 3.63) is 18.2 Å². The Balaban J connectivity index is 2.04. The van der Waals surface area contributed by atoms with Crippen molar-refractivity contribution >= 4 is 5.69 Å². The van der Waals surface area contributed by atoms with Crippen molar-refractivity contribution in [2.45, 2.75) is 58.2 Å². The van der Waals surface area contributed by atoms with Crippen LogP contribution in [0.1, 0.15) is 46.0 Å². The van der Waals surface area contributed by atoms with Gasteiger partial charge in [0, 0.05) is 23.9 Å². The molecule has 0 bridgehead atoms. The number of benzene rings is 1. The molecule has 0 aromatic heterocycles. The van der Waals surface area contributed by atoms with E-state index in [0.29, 0.717) is 11.8 Å². The fourth-order valence-corrected chi connectivity index (χ4v) is 2.38. The summed E-state index contributed by atoms with van der Waals surface area (Å²) in [4.78, 5) is 0. The van der Waals surface area contributed by atoms with Crippen LogP contribution in [-0.2, 0) is 0 Å². The Labute approximate surface area is 109 Å². The molecule has 0 atom stereocenters. The lowest BCUT2D eigenvalue weighted by Gasteiger charge is -2.23. The van der Waals surface area contributed by atoms with Gasteiger partial charge in [-0.25, -0.2) is 0 Å². The van der Waals surface area contributed by atoms with E-state index in [9.17, 15) is 0 Å². The van der Waals surface area contributed by atoms with Gasteiger partial charge >= 0.3 is 0 Å². The van der Waals surface area contributed by atoms with E-state index in [0.717, 1.165) is 24.3 Å². The molecule has 1 saturated carbocycles. The summed E-state index contributed by atoms with van der Waals surface area (Å²) < 4.78 is 11.7. The third kappa shape index (κ3) is 3.83. The monoisotopic (exact) mass is 249 g/mol. The summed E-state index contributed by atoms with van der Waals surface area (Å²) in [6, 6.07) is 5.65. The molecule has 3 heteroatoms.